The third-order valence-electron chi connectivity index (χ3n) is 3.62. The Morgan fingerprint density at radius 1 is 1.38 bits per heavy atom. The fourth-order valence-corrected chi connectivity index (χ4v) is 2.51. The molecule has 1 atom stereocenters. The normalized spacial score (nSPS) is 15.8. The lowest BCUT2D eigenvalue weighted by Gasteiger charge is -2.02. The largest absolute Gasteiger partial charge is 0.490 e. The van der Waals surface area contributed by atoms with Crippen molar-refractivity contribution in [2.75, 3.05) is 0 Å². The highest BCUT2D eigenvalue weighted by atomic mass is 16.6. The quantitative estimate of drug-likeness (QED) is 0.531. The van der Waals surface area contributed by atoms with Gasteiger partial charge in [-0.2, -0.15) is 5.10 Å². The topological polar surface area (TPSA) is 93.8 Å². The molecule has 1 amide bonds. The molecule has 122 valence electrons. The summed E-state index contributed by atoms with van der Waals surface area (Å²) in [4.78, 5) is 22.1. The number of nitro groups is 1. The van der Waals surface area contributed by atoms with Gasteiger partial charge in [0.05, 0.1) is 11.1 Å². The van der Waals surface area contributed by atoms with E-state index in [1.807, 2.05) is 25.1 Å². The molecule has 0 radical (unpaired) electrons. The highest BCUT2D eigenvalue weighted by molar-refractivity contribution is 5.95. The van der Waals surface area contributed by atoms with Gasteiger partial charge >= 0.3 is 0 Å². The van der Waals surface area contributed by atoms with Crippen LogP contribution in [0.15, 0.2) is 47.6 Å². The summed E-state index contributed by atoms with van der Waals surface area (Å²) in [5.41, 5.74) is 4.35. The van der Waals surface area contributed by atoms with Crippen LogP contribution in [0, 0.1) is 10.1 Å². The number of non-ortho nitro benzene ring substituents is 1. The lowest BCUT2D eigenvalue weighted by atomic mass is 10.1. The van der Waals surface area contributed by atoms with Gasteiger partial charge in [-0.15, -0.1) is 0 Å². The maximum atomic E-state index is 12.0. The minimum Gasteiger partial charge on any atom is -0.490 e. The molecule has 7 nitrogen and oxygen atoms in total. The van der Waals surface area contributed by atoms with Crippen LogP contribution in [0.3, 0.4) is 0 Å². The van der Waals surface area contributed by atoms with Gasteiger partial charge in [0.15, 0.2) is 0 Å². The Hall–Kier alpha value is -3.22. The van der Waals surface area contributed by atoms with Crippen LogP contribution in [0.25, 0.3) is 0 Å². The molecule has 3 rings (SSSR count). The van der Waals surface area contributed by atoms with Gasteiger partial charge in [0.25, 0.3) is 11.6 Å². The van der Waals surface area contributed by atoms with Gasteiger partial charge in [0, 0.05) is 24.1 Å². The number of carbonyl (C=O) groups excluding carboxylic acids is 1. The van der Waals surface area contributed by atoms with Gasteiger partial charge in [-0.25, -0.2) is 5.43 Å². The Morgan fingerprint density at radius 2 is 2.21 bits per heavy atom. The third kappa shape index (κ3) is 3.40. The standard InChI is InChI=1S/C17H15N3O4/c1-11-7-14-8-12(5-6-16(14)24-11)10-18-19-17(21)13-3-2-4-15(9-13)20(22)23/h2-6,8-11H,7H2,1H3,(H,19,21)/b18-10+/t11-/m1/s1. The molecule has 1 aliphatic heterocycles. The Kier molecular flexibility index (Phi) is 4.24. The van der Waals surface area contributed by atoms with E-state index in [1.54, 1.807) is 0 Å². The summed E-state index contributed by atoms with van der Waals surface area (Å²) in [5.74, 6) is 0.369. The van der Waals surface area contributed by atoms with E-state index in [2.05, 4.69) is 10.5 Å². The van der Waals surface area contributed by atoms with Crippen molar-refractivity contribution in [1.29, 1.82) is 0 Å². The number of benzene rings is 2. The fourth-order valence-electron chi connectivity index (χ4n) is 2.51. The summed E-state index contributed by atoms with van der Waals surface area (Å²) < 4.78 is 5.62. The van der Waals surface area contributed by atoms with Crippen molar-refractivity contribution in [3.8, 4) is 5.75 Å². The second kappa shape index (κ2) is 6.49. The van der Waals surface area contributed by atoms with Crippen LogP contribution in [0.1, 0.15) is 28.4 Å². The van der Waals surface area contributed by atoms with Crippen LogP contribution in [0.2, 0.25) is 0 Å². The fraction of sp³-hybridized carbons (Fsp3) is 0.176. The van der Waals surface area contributed by atoms with Crippen molar-refractivity contribution in [3.63, 3.8) is 0 Å². The van der Waals surface area contributed by atoms with Crippen LogP contribution in [-0.2, 0) is 6.42 Å². The molecule has 2 aromatic carbocycles. The second-order valence-electron chi connectivity index (χ2n) is 5.51. The zero-order chi connectivity index (χ0) is 17.1. The lowest BCUT2D eigenvalue weighted by molar-refractivity contribution is -0.384. The Labute approximate surface area is 138 Å². The molecular formula is C17H15N3O4. The molecule has 0 aromatic heterocycles. The summed E-state index contributed by atoms with van der Waals surface area (Å²) in [6, 6.07) is 11.2. The Balaban J connectivity index is 1.66. The molecule has 0 saturated heterocycles. The van der Waals surface area contributed by atoms with E-state index in [0.29, 0.717) is 0 Å². The summed E-state index contributed by atoms with van der Waals surface area (Å²) in [6.07, 6.45) is 2.54. The van der Waals surface area contributed by atoms with Crippen molar-refractivity contribution in [1.82, 2.24) is 5.43 Å². The molecule has 0 saturated carbocycles. The molecular weight excluding hydrogens is 310 g/mol. The predicted molar refractivity (Wildman–Crippen MR) is 88.4 cm³/mol. The van der Waals surface area contributed by atoms with Gasteiger partial charge in [0.2, 0.25) is 0 Å². The number of nitrogens with one attached hydrogen (secondary N) is 1. The molecule has 0 aliphatic carbocycles. The Bertz CT molecular complexity index is 832. The first-order valence-electron chi connectivity index (χ1n) is 7.40. The lowest BCUT2D eigenvalue weighted by Crippen LogP contribution is -2.17. The number of nitrogens with zero attached hydrogens (tertiary/aromatic N) is 2. The molecule has 24 heavy (non-hydrogen) atoms. The van der Waals surface area contributed by atoms with Crippen molar-refractivity contribution in [2.24, 2.45) is 5.10 Å². The first kappa shape index (κ1) is 15.7. The molecule has 0 unspecified atom stereocenters. The van der Waals surface area contributed by atoms with Crippen molar-refractivity contribution >= 4 is 17.8 Å². The highest BCUT2D eigenvalue weighted by Gasteiger charge is 2.18. The van der Waals surface area contributed by atoms with E-state index in [0.717, 1.165) is 23.3 Å². The maximum absolute atomic E-state index is 12.0. The first-order chi connectivity index (χ1) is 11.5. The molecule has 2 aromatic rings. The van der Waals surface area contributed by atoms with Crippen LogP contribution in [0.4, 0.5) is 5.69 Å². The van der Waals surface area contributed by atoms with Crippen LogP contribution >= 0.6 is 0 Å². The van der Waals surface area contributed by atoms with E-state index in [-0.39, 0.29) is 17.4 Å². The van der Waals surface area contributed by atoms with Crippen LogP contribution < -0.4 is 10.2 Å². The zero-order valence-electron chi connectivity index (χ0n) is 12.9. The van der Waals surface area contributed by atoms with Gasteiger partial charge < -0.3 is 4.74 Å². The minimum atomic E-state index is -0.548. The molecule has 7 heteroatoms. The molecule has 1 aliphatic rings. The second-order valence-corrected chi connectivity index (χ2v) is 5.51. The van der Waals surface area contributed by atoms with E-state index in [4.69, 9.17) is 4.74 Å². The average Bonchev–Trinajstić information content (AvgIpc) is 2.94. The van der Waals surface area contributed by atoms with E-state index >= 15 is 0 Å². The van der Waals surface area contributed by atoms with E-state index in [1.165, 1.54) is 30.5 Å². The Morgan fingerprint density at radius 3 is 3.00 bits per heavy atom. The van der Waals surface area contributed by atoms with Crippen LogP contribution in [0.5, 0.6) is 5.75 Å². The molecule has 0 fully saturated rings. The molecule has 1 N–H and O–H groups in total. The minimum absolute atomic E-state index is 0.139. The van der Waals surface area contributed by atoms with Crippen LogP contribution in [-0.4, -0.2) is 23.1 Å². The maximum Gasteiger partial charge on any atom is 0.271 e. The number of nitro benzene ring substituents is 1. The average molecular weight is 325 g/mol. The van der Waals surface area contributed by atoms with Crippen molar-refractivity contribution < 1.29 is 14.5 Å². The number of amides is 1. The number of carbonyl (C=O) groups is 1. The van der Waals surface area contributed by atoms with Crippen molar-refractivity contribution in [2.45, 2.75) is 19.4 Å². The van der Waals surface area contributed by atoms with E-state index in [9.17, 15) is 14.9 Å². The number of hydrogen-bond donors (Lipinski definition) is 1. The van der Waals surface area contributed by atoms with Gasteiger partial charge in [-0.05, 0) is 42.3 Å². The highest BCUT2D eigenvalue weighted by Crippen LogP contribution is 2.28. The monoisotopic (exact) mass is 325 g/mol. The van der Waals surface area contributed by atoms with Gasteiger partial charge in [-0.1, -0.05) is 6.07 Å². The SMILES string of the molecule is C[C@@H]1Cc2cc(/C=N/NC(=O)c3cccc([N+](=O)[O-])c3)ccc2O1. The van der Waals surface area contributed by atoms with Gasteiger partial charge in [-0.3, -0.25) is 14.9 Å². The zero-order valence-corrected chi connectivity index (χ0v) is 12.9. The number of fused-ring (bicyclic) bond motifs is 1. The number of hydrazone groups is 1. The van der Waals surface area contributed by atoms with Crippen molar-refractivity contribution in [3.05, 3.63) is 69.3 Å². The van der Waals surface area contributed by atoms with E-state index < -0.39 is 10.8 Å². The number of ether oxygens (including phenoxy) is 1. The molecule has 0 spiro atoms. The molecule has 1 heterocycles. The smallest absolute Gasteiger partial charge is 0.271 e. The third-order valence-corrected chi connectivity index (χ3v) is 3.62. The number of rotatable bonds is 4. The summed E-state index contributed by atoms with van der Waals surface area (Å²) >= 11 is 0. The first-order valence-corrected chi connectivity index (χ1v) is 7.40. The summed E-state index contributed by atoms with van der Waals surface area (Å²) in [7, 11) is 0. The summed E-state index contributed by atoms with van der Waals surface area (Å²) in [5, 5.41) is 14.6. The molecule has 0 bridgehead atoms. The summed E-state index contributed by atoms with van der Waals surface area (Å²) in [6.45, 7) is 2.01. The van der Waals surface area contributed by atoms with Gasteiger partial charge in [0.1, 0.15) is 11.9 Å². The predicted octanol–water partition coefficient (Wildman–Crippen LogP) is 2.68. The number of hydrogen-bond acceptors (Lipinski definition) is 5.